The summed E-state index contributed by atoms with van der Waals surface area (Å²) in [6.45, 7) is 4.16. The first-order valence-electron chi connectivity index (χ1n) is 7.24. The number of rotatable bonds is 5. The van der Waals surface area contributed by atoms with Crippen molar-refractivity contribution in [3.8, 4) is 0 Å². The van der Waals surface area contributed by atoms with Gasteiger partial charge in [-0.1, -0.05) is 30.3 Å². The van der Waals surface area contributed by atoms with Crippen LogP contribution in [0, 0.1) is 0 Å². The molecular weight excluding hydrogens is 236 g/mol. The molecule has 0 spiro atoms. The summed E-state index contributed by atoms with van der Waals surface area (Å²) in [6, 6.07) is 10.4. The van der Waals surface area contributed by atoms with Gasteiger partial charge < -0.3 is 10.6 Å². The molecule has 104 valence electrons. The lowest BCUT2D eigenvalue weighted by Gasteiger charge is -2.35. The van der Waals surface area contributed by atoms with Crippen LogP contribution in [0.15, 0.2) is 30.3 Å². The SMILES string of the molecule is CC1(NC(=O)CCCc2ccccc2)CCNCC1. The predicted molar refractivity (Wildman–Crippen MR) is 78.0 cm³/mol. The van der Waals surface area contributed by atoms with Gasteiger partial charge in [-0.15, -0.1) is 0 Å². The second-order valence-corrected chi connectivity index (χ2v) is 5.70. The Kier molecular flexibility index (Phi) is 4.97. The van der Waals surface area contributed by atoms with E-state index in [0.717, 1.165) is 38.8 Å². The minimum absolute atomic E-state index is 0.00488. The molecule has 0 aliphatic carbocycles. The molecule has 0 aromatic heterocycles. The van der Waals surface area contributed by atoms with E-state index in [9.17, 15) is 4.79 Å². The number of carbonyl (C=O) groups excluding carboxylic acids is 1. The Hall–Kier alpha value is -1.35. The minimum Gasteiger partial charge on any atom is -0.351 e. The molecule has 0 unspecified atom stereocenters. The summed E-state index contributed by atoms with van der Waals surface area (Å²) < 4.78 is 0. The fourth-order valence-corrected chi connectivity index (χ4v) is 2.60. The van der Waals surface area contributed by atoms with Crippen molar-refractivity contribution < 1.29 is 4.79 Å². The molecule has 3 nitrogen and oxygen atoms in total. The highest BCUT2D eigenvalue weighted by Gasteiger charge is 2.27. The molecule has 1 aliphatic heterocycles. The van der Waals surface area contributed by atoms with Crippen molar-refractivity contribution >= 4 is 5.91 Å². The molecule has 2 rings (SSSR count). The van der Waals surface area contributed by atoms with Gasteiger partial charge in [0, 0.05) is 12.0 Å². The zero-order valence-corrected chi connectivity index (χ0v) is 11.7. The molecule has 0 bridgehead atoms. The molecule has 2 N–H and O–H groups in total. The van der Waals surface area contributed by atoms with Crippen LogP contribution >= 0.6 is 0 Å². The summed E-state index contributed by atoms with van der Waals surface area (Å²) in [5, 5.41) is 6.53. The first-order chi connectivity index (χ1) is 9.18. The van der Waals surface area contributed by atoms with E-state index in [4.69, 9.17) is 0 Å². The largest absolute Gasteiger partial charge is 0.351 e. The fourth-order valence-electron chi connectivity index (χ4n) is 2.60. The van der Waals surface area contributed by atoms with E-state index in [0.29, 0.717) is 6.42 Å². The van der Waals surface area contributed by atoms with Crippen molar-refractivity contribution in [1.82, 2.24) is 10.6 Å². The second kappa shape index (κ2) is 6.71. The normalized spacial score (nSPS) is 17.9. The predicted octanol–water partition coefficient (Wildman–Crippen LogP) is 2.27. The summed E-state index contributed by atoms with van der Waals surface area (Å²) in [7, 11) is 0. The Labute approximate surface area is 115 Å². The minimum atomic E-state index is -0.00488. The van der Waals surface area contributed by atoms with Crippen molar-refractivity contribution in [3.05, 3.63) is 35.9 Å². The molecule has 1 fully saturated rings. The maximum Gasteiger partial charge on any atom is 0.220 e. The Morgan fingerprint density at radius 2 is 1.95 bits per heavy atom. The van der Waals surface area contributed by atoms with Crippen molar-refractivity contribution in [2.45, 2.75) is 44.6 Å². The van der Waals surface area contributed by atoms with E-state index < -0.39 is 0 Å². The molecule has 1 amide bonds. The highest BCUT2D eigenvalue weighted by Crippen LogP contribution is 2.17. The van der Waals surface area contributed by atoms with Gasteiger partial charge in [0.1, 0.15) is 0 Å². The smallest absolute Gasteiger partial charge is 0.220 e. The van der Waals surface area contributed by atoms with Crippen LogP contribution in [0.25, 0.3) is 0 Å². The van der Waals surface area contributed by atoms with E-state index in [1.165, 1.54) is 5.56 Å². The van der Waals surface area contributed by atoms with Crippen molar-refractivity contribution in [3.63, 3.8) is 0 Å². The number of benzene rings is 1. The molecule has 1 saturated heterocycles. The average Bonchev–Trinajstić information content (AvgIpc) is 2.40. The zero-order valence-electron chi connectivity index (χ0n) is 11.7. The van der Waals surface area contributed by atoms with Crippen LogP contribution in [-0.2, 0) is 11.2 Å². The third-order valence-corrected chi connectivity index (χ3v) is 3.86. The molecule has 1 aromatic carbocycles. The Bertz CT molecular complexity index is 396. The topological polar surface area (TPSA) is 41.1 Å². The summed E-state index contributed by atoms with van der Waals surface area (Å²) in [6.07, 6.45) is 4.57. The van der Waals surface area contributed by atoms with Crippen LogP contribution in [0.2, 0.25) is 0 Å². The molecule has 19 heavy (non-hydrogen) atoms. The van der Waals surface area contributed by atoms with Gasteiger partial charge in [0.2, 0.25) is 5.91 Å². The average molecular weight is 260 g/mol. The van der Waals surface area contributed by atoms with Crippen molar-refractivity contribution in [2.24, 2.45) is 0 Å². The lowest BCUT2D eigenvalue weighted by Crippen LogP contribution is -2.52. The van der Waals surface area contributed by atoms with E-state index in [1.807, 2.05) is 18.2 Å². The highest BCUT2D eigenvalue weighted by molar-refractivity contribution is 5.76. The lowest BCUT2D eigenvalue weighted by atomic mass is 9.90. The van der Waals surface area contributed by atoms with Gasteiger partial charge >= 0.3 is 0 Å². The highest BCUT2D eigenvalue weighted by atomic mass is 16.1. The van der Waals surface area contributed by atoms with E-state index >= 15 is 0 Å². The van der Waals surface area contributed by atoms with Crippen LogP contribution in [0.4, 0.5) is 0 Å². The number of piperidine rings is 1. The Morgan fingerprint density at radius 1 is 1.26 bits per heavy atom. The Morgan fingerprint density at radius 3 is 2.63 bits per heavy atom. The number of nitrogens with one attached hydrogen (secondary N) is 2. The first kappa shape index (κ1) is 14.1. The van der Waals surface area contributed by atoms with Crippen LogP contribution in [0.1, 0.15) is 38.2 Å². The number of amides is 1. The molecule has 3 heteroatoms. The monoisotopic (exact) mass is 260 g/mol. The van der Waals surface area contributed by atoms with Gasteiger partial charge in [0.25, 0.3) is 0 Å². The summed E-state index contributed by atoms with van der Waals surface area (Å²) >= 11 is 0. The molecule has 1 heterocycles. The molecule has 0 saturated carbocycles. The van der Waals surface area contributed by atoms with Gasteiger partial charge in [-0.3, -0.25) is 4.79 Å². The number of carbonyl (C=O) groups is 1. The summed E-state index contributed by atoms with van der Waals surface area (Å²) in [4.78, 5) is 12.0. The molecule has 0 atom stereocenters. The summed E-state index contributed by atoms with van der Waals surface area (Å²) in [5.41, 5.74) is 1.30. The standard InChI is InChI=1S/C16H24N2O/c1-16(10-12-17-13-11-16)18-15(19)9-5-8-14-6-3-2-4-7-14/h2-4,6-7,17H,5,8-13H2,1H3,(H,18,19). The van der Waals surface area contributed by atoms with Gasteiger partial charge in [-0.2, -0.15) is 0 Å². The maximum absolute atomic E-state index is 12.0. The van der Waals surface area contributed by atoms with Crippen LogP contribution < -0.4 is 10.6 Å². The number of aryl methyl sites for hydroxylation is 1. The Balaban J connectivity index is 1.70. The molecular formula is C16H24N2O. The van der Waals surface area contributed by atoms with Gasteiger partial charge in [-0.05, 0) is 51.3 Å². The van der Waals surface area contributed by atoms with Crippen LogP contribution in [0.3, 0.4) is 0 Å². The van der Waals surface area contributed by atoms with Crippen molar-refractivity contribution in [1.29, 1.82) is 0 Å². The van der Waals surface area contributed by atoms with Crippen molar-refractivity contribution in [2.75, 3.05) is 13.1 Å². The van der Waals surface area contributed by atoms with E-state index in [2.05, 4.69) is 29.7 Å². The molecule has 1 aromatic rings. The van der Waals surface area contributed by atoms with Crippen LogP contribution in [0.5, 0.6) is 0 Å². The third-order valence-electron chi connectivity index (χ3n) is 3.86. The fraction of sp³-hybridized carbons (Fsp3) is 0.562. The van der Waals surface area contributed by atoms with Gasteiger partial charge in [0.15, 0.2) is 0 Å². The second-order valence-electron chi connectivity index (χ2n) is 5.70. The molecule has 0 radical (unpaired) electrons. The number of hydrogen-bond acceptors (Lipinski definition) is 2. The van der Waals surface area contributed by atoms with E-state index in [1.54, 1.807) is 0 Å². The third kappa shape index (κ3) is 4.67. The van der Waals surface area contributed by atoms with Crippen LogP contribution in [-0.4, -0.2) is 24.5 Å². The molecule has 1 aliphatic rings. The van der Waals surface area contributed by atoms with Gasteiger partial charge in [0.05, 0.1) is 0 Å². The summed E-state index contributed by atoms with van der Waals surface area (Å²) in [5.74, 6) is 0.195. The number of hydrogen-bond donors (Lipinski definition) is 2. The zero-order chi connectivity index (χ0) is 13.6. The van der Waals surface area contributed by atoms with Gasteiger partial charge in [-0.25, -0.2) is 0 Å². The first-order valence-corrected chi connectivity index (χ1v) is 7.24. The quantitative estimate of drug-likeness (QED) is 0.852. The maximum atomic E-state index is 12.0. The van der Waals surface area contributed by atoms with E-state index in [-0.39, 0.29) is 11.4 Å². The lowest BCUT2D eigenvalue weighted by molar-refractivity contribution is -0.123.